The minimum atomic E-state index is -1.76. The van der Waals surface area contributed by atoms with E-state index in [0.717, 1.165) is 0 Å². The topological polar surface area (TPSA) is 228 Å². The Kier molecular flexibility index (Phi) is 7.97. The average molecular weight is 444 g/mol. The van der Waals surface area contributed by atoms with Gasteiger partial charge in [0.1, 0.15) is 61.0 Å². The van der Waals surface area contributed by atoms with E-state index in [1.165, 1.54) is 0 Å². The summed E-state index contributed by atoms with van der Waals surface area (Å²) in [5.74, 6) is 0. The third-order valence-electron chi connectivity index (χ3n) is 5.33. The molecule has 3 saturated heterocycles. The van der Waals surface area contributed by atoms with Gasteiger partial charge in [-0.25, -0.2) is 0 Å². The molecule has 13 atom stereocenters. The fraction of sp³-hybridized carbons (Fsp3) is 1.00. The van der Waals surface area contributed by atoms with E-state index in [0.29, 0.717) is 0 Å². The lowest BCUT2D eigenvalue weighted by atomic mass is 9.98. The second kappa shape index (κ2) is 9.93. The summed E-state index contributed by atoms with van der Waals surface area (Å²) in [5, 5.41) is 88.4. The van der Waals surface area contributed by atoms with Crippen molar-refractivity contribution in [1.82, 2.24) is 0 Å². The maximum atomic E-state index is 10.3. The van der Waals surface area contributed by atoms with Crippen molar-refractivity contribution >= 4 is 0 Å². The maximum Gasteiger partial charge on any atom is 0.186 e. The van der Waals surface area contributed by atoms with Crippen LogP contribution in [-0.2, 0) is 23.7 Å². The van der Waals surface area contributed by atoms with Gasteiger partial charge >= 0.3 is 0 Å². The van der Waals surface area contributed by atoms with E-state index in [2.05, 4.69) is 0 Å². The first-order chi connectivity index (χ1) is 14.1. The molecule has 9 N–H and O–H groups in total. The number of hydrogen-bond donors (Lipinski definition) is 9. The highest BCUT2D eigenvalue weighted by molar-refractivity contribution is 4.92. The molecule has 3 rings (SSSR count). The van der Waals surface area contributed by atoms with Crippen LogP contribution in [0.5, 0.6) is 0 Å². The third kappa shape index (κ3) is 4.77. The van der Waals surface area contributed by atoms with Crippen molar-refractivity contribution in [1.29, 1.82) is 0 Å². The van der Waals surface area contributed by atoms with Crippen LogP contribution >= 0.6 is 0 Å². The molecule has 0 bridgehead atoms. The van der Waals surface area contributed by atoms with E-state index in [9.17, 15) is 46.0 Å². The summed E-state index contributed by atoms with van der Waals surface area (Å²) in [6.07, 6.45) is -19.8. The molecule has 3 aliphatic rings. The minimum Gasteiger partial charge on any atom is -0.394 e. The zero-order valence-corrected chi connectivity index (χ0v) is 15.7. The minimum absolute atomic E-state index is 0.322. The number of ether oxygens (including phenoxy) is 5. The third-order valence-corrected chi connectivity index (χ3v) is 5.33. The lowest BCUT2D eigenvalue weighted by Crippen LogP contribution is -2.63. The van der Waals surface area contributed by atoms with Crippen molar-refractivity contribution in [2.75, 3.05) is 19.8 Å². The van der Waals surface area contributed by atoms with Gasteiger partial charge in [-0.05, 0) is 0 Å². The lowest BCUT2D eigenvalue weighted by molar-refractivity contribution is -0.357. The quantitative estimate of drug-likeness (QED) is 0.192. The Labute approximate surface area is 170 Å². The summed E-state index contributed by atoms with van der Waals surface area (Å²) in [6.45, 7) is -1.38. The van der Waals surface area contributed by atoms with Gasteiger partial charge in [-0.2, -0.15) is 0 Å². The van der Waals surface area contributed by atoms with Gasteiger partial charge in [0.05, 0.1) is 19.8 Å². The van der Waals surface area contributed by atoms with Crippen molar-refractivity contribution in [3.8, 4) is 0 Å². The Balaban J connectivity index is 1.59. The van der Waals surface area contributed by atoms with Crippen LogP contribution in [0, 0.1) is 0 Å². The zero-order chi connectivity index (χ0) is 22.2. The van der Waals surface area contributed by atoms with Gasteiger partial charge in [0.25, 0.3) is 0 Å². The maximum absolute atomic E-state index is 10.3. The standard InChI is InChI=1S/C16H28O14/c17-1-5-13(9(21)10(22)14(25)28-5)30-16-12(24)8(20)6(3-27-16)29-15-11(23)7(19)4(18)2-26-15/h4-25H,1-3H2/t4-,5-,6-,7+,8+,9-,10-,11-,12-,13-,14-,15+,16+/m1/s1. The average Bonchev–Trinajstić information content (AvgIpc) is 2.73. The van der Waals surface area contributed by atoms with Crippen LogP contribution in [0.4, 0.5) is 0 Å². The Morgan fingerprint density at radius 1 is 0.667 bits per heavy atom. The number of hydrogen-bond acceptors (Lipinski definition) is 14. The summed E-state index contributed by atoms with van der Waals surface area (Å²) in [6, 6.07) is 0. The summed E-state index contributed by atoms with van der Waals surface area (Å²) in [4.78, 5) is 0. The molecule has 0 unspecified atom stereocenters. The normalized spacial score (nSPS) is 52.9. The summed E-state index contributed by atoms with van der Waals surface area (Å²) >= 11 is 0. The molecule has 0 aromatic rings. The zero-order valence-electron chi connectivity index (χ0n) is 15.7. The number of rotatable bonds is 5. The molecule has 0 aliphatic carbocycles. The van der Waals surface area contributed by atoms with Crippen molar-refractivity contribution in [3.05, 3.63) is 0 Å². The molecule has 3 fully saturated rings. The van der Waals surface area contributed by atoms with Gasteiger partial charge in [-0.3, -0.25) is 0 Å². The van der Waals surface area contributed by atoms with Crippen molar-refractivity contribution in [3.63, 3.8) is 0 Å². The van der Waals surface area contributed by atoms with Gasteiger partial charge in [0.15, 0.2) is 18.9 Å². The number of aliphatic hydroxyl groups is 9. The molecule has 0 radical (unpaired) electrons. The molecule has 0 aromatic carbocycles. The lowest BCUT2D eigenvalue weighted by Gasteiger charge is -2.45. The van der Waals surface area contributed by atoms with Crippen LogP contribution < -0.4 is 0 Å². The molecule has 0 aromatic heterocycles. The Morgan fingerprint density at radius 2 is 1.27 bits per heavy atom. The molecule has 30 heavy (non-hydrogen) atoms. The summed E-state index contributed by atoms with van der Waals surface area (Å²) in [7, 11) is 0. The van der Waals surface area contributed by atoms with E-state index < -0.39 is 86.5 Å². The molecular weight excluding hydrogens is 416 g/mol. The first-order valence-corrected chi connectivity index (χ1v) is 9.40. The Morgan fingerprint density at radius 3 is 1.93 bits per heavy atom. The predicted octanol–water partition coefficient (Wildman–Crippen LogP) is -6.29. The van der Waals surface area contributed by atoms with Crippen molar-refractivity contribution < 1.29 is 69.6 Å². The van der Waals surface area contributed by atoms with Gasteiger partial charge in [0.2, 0.25) is 0 Å². The van der Waals surface area contributed by atoms with Gasteiger partial charge in [-0.15, -0.1) is 0 Å². The monoisotopic (exact) mass is 444 g/mol. The van der Waals surface area contributed by atoms with Crippen LogP contribution in [0.15, 0.2) is 0 Å². The molecule has 0 spiro atoms. The molecule has 0 amide bonds. The molecule has 14 heteroatoms. The van der Waals surface area contributed by atoms with Crippen LogP contribution in [-0.4, -0.2) is 146 Å². The fourth-order valence-corrected chi connectivity index (χ4v) is 3.47. The Bertz CT molecular complexity index is 550. The molecule has 3 heterocycles. The second-order valence-corrected chi connectivity index (χ2v) is 7.44. The van der Waals surface area contributed by atoms with Crippen LogP contribution in [0.25, 0.3) is 0 Å². The molecule has 14 nitrogen and oxygen atoms in total. The summed E-state index contributed by atoms with van der Waals surface area (Å²) < 4.78 is 26.1. The van der Waals surface area contributed by atoms with Crippen LogP contribution in [0.3, 0.4) is 0 Å². The van der Waals surface area contributed by atoms with Crippen LogP contribution in [0.2, 0.25) is 0 Å². The van der Waals surface area contributed by atoms with E-state index in [-0.39, 0.29) is 13.2 Å². The molecule has 3 aliphatic heterocycles. The van der Waals surface area contributed by atoms with E-state index in [1.54, 1.807) is 0 Å². The van der Waals surface area contributed by atoms with Crippen molar-refractivity contribution in [2.45, 2.75) is 79.9 Å². The predicted molar refractivity (Wildman–Crippen MR) is 89.2 cm³/mol. The highest BCUT2D eigenvalue weighted by Gasteiger charge is 2.49. The highest BCUT2D eigenvalue weighted by Crippen LogP contribution is 2.28. The molecule has 0 saturated carbocycles. The SMILES string of the molecule is OC[C@H]1O[C@@H](O)[C@H](O)[C@@H](O)[C@@H]1O[C@@H]1OC[C@@H](O[C@@H]2OC[C@@H](O)[C@H](O)[C@H]2O)[C@H](O)[C@H]1O. The molecular formula is C16H28O14. The van der Waals surface area contributed by atoms with Crippen molar-refractivity contribution in [2.24, 2.45) is 0 Å². The highest BCUT2D eigenvalue weighted by atomic mass is 16.7. The first-order valence-electron chi connectivity index (χ1n) is 9.40. The van der Waals surface area contributed by atoms with Crippen LogP contribution in [0.1, 0.15) is 0 Å². The second-order valence-electron chi connectivity index (χ2n) is 7.44. The number of aliphatic hydroxyl groups excluding tert-OH is 9. The molecule has 176 valence electrons. The van der Waals surface area contributed by atoms with Gasteiger partial charge in [-0.1, -0.05) is 0 Å². The van der Waals surface area contributed by atoms with Gasteiger partial charge < -0.3 is 69.6 Å². The first kappa shape index (κ1) is 24.1. The fourth-order valence-electron chi connectivity index (χ4n) is 3.47. The Hall–Kier alpha value is -0.560. The van der Waals surface area contributed by atoms with Gasteiger partial charge in [0, 0.05) is 0 Å². The van der Waals surface area contributed by atoms with E-state index in [1.807, 2.05) is 0 Å². The smallest absolute Gasteiger partial charge is 0.186 e. The van der Waals surface area contributed by atoms with E-state index >= 15 is 0 Å². The van der Waals surface area contributed by atoms with E-state index in [4.69, 9.17) is 23.7 Å². The summed E-state index contributed by atoms with van der Waals surface area (Å²) in [5.41, 5.74) is 0. The largest absolute Gasteiger partial charge is 0.394 e.